The molecule has 28 heavy (non-hydrogen) atoms. The van der Waals surface area contributed by atoms with Crippen LogP contribution in [0.25, 0.3) is 0 Å². The Morgan fingerprint density at radius 2 is 1.64 bits per heavy atom. The molecule has 7 heteroatoms. The lowest BCUT2D eigenvalue weighted by molar-refractivity contribution is -0.125. The zero-order valence-electron chi connectivity index (χ0n) is 16.8. The maximum atomic E-state index is 12.5. The van der Waals surface area contributed by atoms with Crippen LogP contribution in [0.3, 0.4) is 0 Å². The number of nitrogens with zero attached hydrogens (tertiary/aromatic N) is 4. The Bertz CT molecular complexity index is 618. The van der Waals surface area contributed by atoms with Crippen molar-refractivity contribution >= 4 is 17.5 Å². The molecule has 0 bridgehead atoms. The van der Waals surface area contributed by atoms with Gasteiger partial charge in [0.25, 0.3) is 0 Å². The van der Waals surface area contributed by atoms with Gasteiger partial charge in [-0.05, 0) is 31.6 Å². The molecule has 0 atom stereocenters. The van der Waals surface area contributed by atoms with Crippen molar-refractivity contribution in [1.29, 1.82) is 0 Å². The van der Waals surface area contributed by atoms with Gasteiger partial charge in [0.15, 0.2) is 0 Å². The normalized spacial score (nSPS) is 22.3. The van der Waals surface area contributed by atoms with Crippen molar-refractivity contribution in [2.75, 3.05) is 55.7 Å². The number of hydrogen-bond acceptors (Lipinski definition) is 6. The summed E-state index contributed by atoms with van der Waals surface area (Å²) in [6.07, 6.45) is 12.2. The van der Waals surface area contributed by atoms with Gasteiger partial charge >= 0.3 is 0 Å². The smallest absolute Gasteiger partial charge is 0.225 e. The maximum absolute atomic E-state index is 12.5. The van der Waals surface area contributed by atoms with Gasteiger partial charge in [0.2, 0.25) is 11.9 Å². The van der Waals surface area contributed by atoms with Crippen LogP contribution < -0.4 is 15.1 Å². The average Bonchev–Trinajstić information content (AvgIpc) is 2.79. The largest absolute Gasteiger partial charge is 0.378 e. The van der Waals surface area contributed by atoms with Gasteiger partial charge < -0.3 is 19.9 Å². The lowest BCUT2D eigenvalue weighted by Crippen LogP contribution is -2.42. The van der Waals surface area contributed by atoms with E-state index in [2.05, 4.69) is 25.1 Å². The van der Waals surface area contributed by atoms with Crippen molar-refractivity contribution in [2.24, 2.45) is 11.8 Å². The van der Waals surface area contributed by atoms with Gasteiger partial charge in [0.05, 0.1) is 31.3 Å². The van der Waals surface area contributed by atoms with Crippen molar-refractivity contribution < 1.29 is 9.53 Å². The second kappa shape index (κ2) is 9.54. The van der Waals surface area contributed by atoms with Crippen molar-refractivity contribution in [3.05, 3.63) is 12.4 Å². The molecule has 3 fully saturated rings. The number of morpholine rings is 1. The molecule has 0 aromatic carbocycles. The minimum Gasteiger partial charge on any atom is -0.378 e. The molecule has 2 saturated heterocycles. The van der Waals surface area contributed by atoms with Crippen LogP contribution in [0, 0.1) is 11.8 Å². The highest BCUT2D eigenvalue weighted by Gasteiger charge is 2.26. The molecular formula is C21H33N5O2. The van der Waals surface area contributed by atoms with Crippen LogP contribution in [0.5, 0.6) is 0 Å². The Hall–Kier alpha value is -1.89. The highest BCUT2D eigenvalue weighted by molar-refractivity contribution is 5.79. The van der Waals surface area contributed by atoms with Crippen molar-refractivity contribution in [2.45, 2.75) is 44.9 Å². The number of amides is 1. The van der Waals surface area contributed by atoms with E-state index in [1.165, 1.54) is 32.1 Å². The van der Waals surface area contributed by atoms with Gasteiger partial charge in [-0.3, -0.25) is 4.79 Å². The molecule has 3 aliphatic rings. The SMILES string of the molecule is O=C(NCC1CCCCC1)C1CCN(c2cnc(N3CCOCC3)nc2)CC1. The minimum atomic E-state index is 0.147. The molecule has 0 radical (unpaired) electrons. The topological polar surface area (TPSA) is 70.6 Å². The molecule has 1 amide bonds. The molecule has 3 heterocycles. The van der Waals surface area contributed by atoms with Crippen LogP contribution in [0.4, 0.5) is 11.6 Å². The standard InChI is InChI=1S/C21H33N5O2/c27-20(22-14-17-4-2-1-3-5-17)18-6-8-25(9-7-18)19-15-23-21(24-16-19)26-10-12-28-13-11-26/h15-18H,1-14H2,(H,22,27). The number of piperidine rings is 1. The van der Waals surface area contributed by atoms with E-state index in [4.69, 9.17) is 4.74 Å². The van der Waals surface area contributed by atoms with Crippen LogP contribution in [0.2, 0.25) is 0 Å². The number of aromatic nitrogens is 2. The van der Waals surface area contributed by atoms with Gasteiger partial charge in [0, 0.05) is 38.6 Å². The summed E-state index contributed by atoms with van der Waals surface area (Å²) in [7, 11) is 0. The Morgan fingerprint density at radius 3 is 2.32 bits per heavy atom. The van der Waals surface area contributed by atoms with Gasteiger partial charge in [-0.25, -0.2) is 9.97 Å². The number of nitrogens with one attached hydrogen (secondary N) is 1. The number of rotatable bonds is 5. The van der Waals surface area contributed by atoms with E-state index in [1.54, 1.807) is 0 Å². The third kappa shape index (κ3) is 4.93. The molecular weight excluding hydrogens is 354 g/mol. The molecule has 1 saturated carbocycles. The molecule has 154 valence electrons. The zero-order chi connectivity index (χ0) is 19.2. The molecule has 0 spiro atoms. The fourth-order valence-electron chi connectivity index (χ4n) is 4.58. The first-order chi connectivity index (χ1) is 13.8. The summed E-state index contributed by atoms with van der Waals surface area (Å²) >= 11 is 0. The number of ether oxygens (including phenoxy) is 1. The van der Waals surface area contributed by atoms with E-state index >= 15 is 0 Å². The zero-order valence-corrected chi connectivity index (χ0v) is 16.8. The first-order valence-corrected chi connectivity index (χ1v) is 11.0. The van der Waals surface area contributed by atoms with Crippen LogP contribution in [-0.4, -0.2) is 61.8 Å². The van der Waals surface area contributed by atoms with E-state index in [-0.39, 0.29) is 11.8 Å². The third-order valence-electron chi connectivity index (χ3n) is 6.44. The van der Waals surface area contributed by atoms with Gasteiger partial charge in [0.1, 0.15) is 0 Å². The number of carbonyl (C=O) groups is 1. The van der Waals surface area contributed by atoms with E-state index in [1.807, 2.05) is 12.4 Å². The Labute approximate surface area is 167 Å². The summed E-state index contributed by atoms with van der Waals surface area (Å²) in [5.41, 5.74) is 1.05. The van der Waals surface area contributed by atoms with Crippen LogP contribution in [-0.2, 0) is 9.53 Å². The molecule has 0 unspecified atom stereocenters. The van der Waals surface area contributed by atoms with Gasteiger partial charge in [-0.15, -0.1) is 0 Å². The van der Waals surface area contributed by atoms with Crippen molar-refractivity contribution in [1.82, 2.24) is 15.3 Å². The predicted octanol–water partition coefficient (Wildman–Crippen LogP) is 2.23. The van der Waals surface area contributed by atoms with E-state index in [0.29, 0.717) is 5.92 Å². The summed E-state index contributed by atoms with van der Waals surface area (Å²) in [5, 5.41) is 3.22. The average molecular weight is 388 g/mol. The monoisotopic (exact) mass is 387 g/mol. The van der Waals surface area contributed by atoms with Crippen LogP contribution in [0.15, 0.2) is 12.4 Å². The highest BCUT2D eigenvalue weighted by atomic mass is 16.5. The fourth-order valence-corrected chi connectivity index (χ4v) is 4.58. The number of anilines is 2. The first kappa shape index (κ1) is 19.4. The molecule has 1 aromatic rings. The summed E-state index contributed by atoms with van der Waals surface area (Å²) in [6, 6.07) is 0. The summed E-state index contributed by atoms with van der Waals surface area (Å²) in [5.74, 6) is 1.88. The molecule has 1 N–H and O–H groups in total. The molecule has 2 aliphatic heterocycles. The van der Waals surface area contributed by atoms with Gasteiger partial charge in [-0.2, -0.15) is 0 Å². The molecule has 4 rings (SSSR count). The van der Waals surface area contributed by atoms with Crippen LogP contribution >= 0.6 is 0 Å². The van der Waals surface area contributed by atoms with Crippen molar-refractivity contribution in [3.63, 3.8) is 0 Å². The molecule has 1 aromatic heterocycles. The van der Waals surface area contributed by atoms with E-state index in [9.17, 15) is 4.79 Å². The van der Waals surface area contributed by atoms with E-state index < -0.39 is 0 Å². The fraction of sp³-hybridized carbons (Fsp3) is 0.762. The minimum absolute atomic E-state index is 0.147. The summed E-state index contributed by atoms with van der Waals surface area (Å²) < 4.78 is 5.38. The maximum Gasteiger partial charge on any atom is 0.225 e. The summed E-state index contributed by atoms with van der Waals surface area (Å²) in [4.78, 5) is 26.1. The van der Waals surface area contributed by atoms with Gasteiger partial charge in [-0.1, -0.05) is 19.3 Å². The quantitative estimate of drug-likeness (QED) is 0.835. The first-order valence-electron chi connectivity index (χ1n) is 11.0. The lowest BCUT2D eigenvalue weighted by Gasteiger charge is -2.33. The second-order valence-electron chi connectivity index (χ2n) is 8.35. The van der Waals surface area contributed by atoms with Crippen LogP contribution in [0.1, 0.15) is 44.9 Å². The predicted molar refractivity (Wildman–Crippen MR) is 110 cm³/mol. The highest BCUT2D eigenvalue weighted by Crippen LogP contribution is 2.25. The van der Waals surface area contributed by atoms with E-state index in [0.717, 1.165) is 70.4 Å². The number of carbonyl (C=O) groups excluding carboxylic acids is 1. The Balaban J connectivity index is 1.22. The number of hydrogen-bond donors (Lipinski definition) is 1. The van der Waals surface area contributed by atoms with Crippen molar-refractivity contribution in [3.8, 4) is 0 Å². The third-order valence-corrected chi connectivity index (χ3v) is 6.44. The lowest BCUT2D eigenvalue weighted by atomic mass is 9.89. The Morgan fingerprint density at radius 1 is 0.964 bits per heavy atom. The Kier molecular flexibility index (Phi) is 6.62. The molecule has 7 nitrogen and oxygen atoms in total. The molecule has 1 aliphatic carbocycles. The summed E-state index contributed by atoms with van der Waals surface area (Å²) in [6.45, 7) is 5.82. The second-order valence-corrected chi connectivity index (χ2v) is 8.35.